The van der Waals surface area contributed by atoms with Gasteiger partial charge in [0, 0.05) is 30.6 Å². The van der Waals surface area contributed by atoms with Crippen molar-refractivity contribution in [2.24, 2.45) is 0 Å². The second-order valence-electron chi connectivity index (χ2n) is 6.34. The van der Waals surface area contributed by atoms with Crippen LogP contribution in [-0.2, 0) is 11.2 Å². The van der Waals surface area contributed by atoms with Crippen LogP contribution >= 0.6 is 0 Å². The molecule has 23 heavy (non-hydrogen) atoms. The average Bonchev–Trinajstić information content (AvgIpc) is 3.13. The predicted octanol–water partition coefficient (Wildman–Crippen LogP) is 3.51. The van der Waals surface area contributed by atoms with Gasteiger partial charge in [0.05, 0.1) is 6.10 Å². The highest BCUT2D eigenvalue weighted by Gasteiger charge is 2.35. The maximum atomic E-state index is 10.3. The summed E-state index contributed by atoms with van der Waals surface area (Å²) in [6, 6.07) is 13.5. The molecule has 2 unspecified atom stereocenters. The Morgan fingerprint density at radius 1 is 0.957 bits per heavy atom. The molecule has 2 N–H and O–H groups in total. The van der Waals surface area contributed by atoms with Gasteiger partial charge in [0.15, 0.2) is 11.5 Å². The lowest BCUT2D eigenvalue weighted by molar-refractivity contribution is -0.108. The van der Waals surface area contributed by atoms with Crippen molar-refractivity contribution < 1.29 is 14.9 Å². The van der Waals surface area contributed by atoms with Crippen molar-refractivity contribution in [1.29, 1.82) is 0 Å². The van der Waals surface area contributed by atoms with E-state index in [-0.39, 0.29) is 23.8 Å². The minimum Gasteiger partial charge on any atom is -0.504 e. The molecule has 0 bridgehead atoms. The Hall–Kier alpha value is -2.04. The molecule has 2 aromatic carbocycles. The lowest BCUT2D eigenvalue weighted by atomic mass is 9.92. The average molecular weight is 311 g/mol. The smallest absolute Gasteiger partial charge is 0.161 e. The van der Waals surface area contributed by atoms with Crippen LogP contribution in [0.2, 0.25) is 0 Å². The van der Waals surface area contributed by atoms with Gasteiger partial charge in [-0.05, 0) is 24.5 Å². The van der Waals surface area contributed by atoms with Gasteiger partial charge in [-0.3, -0.25) is 4.90 Å². The molecule has 0 saturated carbocycles. The molecule has 2 aliphatic rings. The van der Waals surface area contributed by atoms with Gasteiger partial charge in [-0.1, -0.05) is 36.4 Å². The third-order valence-corrected chi connectivity index (χ3v) is 4.89. The highest BCUT2D eigenvalue weighted by atomic mass is 16.5. The first-order chi connectivity index (χ1) is 11.2. The summed E-state index contributed by atoms with van der Waals surface area (Å²) >= 11 is 0. The minimum atomic E-state index is -0.155. The molecule has 2 atom stereocenters. The number of likely N-dealkylation sites (tertiary alicyclic amines) is 1. The summed E-state index contributed by atoms with van der Waals surface area (Å²) in [5.74, 6) is -0.0615. The summed E-state index contributed by atoms with van der Waals surface area (Å²) in [6.07, 6.45) is 2.66. The van der Waals surface area contributed by atoms with Crippen LogP contribution in [0, 0.1) is 0 Å². The standard InChI is InChI=1S/C19H21NO3/c21-16-9-8-14-15(18(16)22)12-17(13-6-2-1-3-7-13)23-19(14)20-10-4-5-11-20/h1-3,6-9,17,19,21-22H,4-5,10-12H2. The van der Waals surface area contributed by atoms with Crippen molar-refractivity contribution in [3.8, 4) is 11.5 Å². The molecule has 120 valence electrons. The second-order valence-corrected chi connectivity index (χ2v) is 6.34. The maximum absolute atomic E-state index is 10.3. The Morgan fingerprint density at radius 3 is 2.43 bits per heavy atom. The molecular formula is C19H21NO3. The Bertz CT molecular complexity index is 695. The molecule has 2 aromatic rings. The van der Waals surface area contributed by atoms with Gasteiger partial charge in [0.25, 0.3) is 0 Å². The summed E-state index contributed by atoms with van der Waals surface area (Å²) in [4.78, 5) is 2.32. The van der Waals surface area contributed by atoms with E-state index in [1.807, 2.05) is 24.3 Å². The van der Waals surface area contributed by atoms with Gasteiger partial charge in [-0.2, -0.15) is 0 Å². The zero-order valence-corrected chi connectivity index (χ0v) is 13.0. The van der Waals surface area contributed by atoms with E-state index >= 15 is 0 Å². The van der Waals surface area contributed by atoms with Gasteiger partial charge in [-0.15, -0.1) is 0 Å². The molecule has 1 fully saturated rings. The van der Waals surface area contributed by atoms with Crippen LogP contribution in [0.25, 0.3) is 0 Å². The van der Waals surface area contributed by atoms with E-state index in [1.54, 1.807) is 6.07 Å². The Morgan fingerprint density at radius 2 is 1.70 bits per heavy atom. The molecule has 0 spiro atoms. The first kappa shape index (κ1) is 14.5. The van der Waals surface area contributed by atoms with E-state index < -0.39 is 0 Å². The van der Waals surface area contributed by atoms with Crippen LogP contribution in [0.15, 0.2) is 42.5 Å². The van der Waals surface area contributed by atoms with Crippen LogP contribution in [0.4, 0.5) is 0 Å². The van der Waals surface area contributed by atoms with Crippen molar-refractivity contribution in [2.45, 2.75) is 31.6 Å². The van der Waals surface area contributed by atoms with Crippen LogP contribution < -0.4 is 0 Å². The molecule has 0 radical (unpaired) electrons. The number of hydrogen-bond acceptors (Lipinski definition) is 4. The molecule has 4 rings (SSSR count). The Kier molecular flexibility index (Phi) is 3.71. The van der Waals surface area contributed by atoms with Gasteiger partial charge in [0.2, 0.25) is 0 Å². The highest BCUT2D eigenvalue weighted by molar-refractivity contribution is 5.51. The highest BCUT2D eigenvalue weighted by Crippen LogP contribution is 2.45. The molecule has 4 heteroatoms. The number of phenols is 2. The predicted molar refractivity (Wildman–Crippen MR) is 87.3 cm³/mol. The van der Waals surface area contributed by atoms with Gasteiger partial charge >= 0.3 is 0 Å². The Balaban J connectivity index is 1.76. The van der Waals surface area contributed by atoms with E-state index in [4.69, 9.17) is 4.74 Å². The molecular weight excluding hydrogens is 290 g/mol. The molecule has 1 saturated heterocycles. The third-order valence-electron chi connectivity index (χ3n) is 4.89. The number of hydrogen-bond donors (Lipinski definition) is 2. The summed E-state index contributed by atoms with van der Waals surface area (Å²) in [7, 11) is 0. The zero-order valence-electron chi connectivity index (χ0n) is 13.0. The van der Waals surface area contributed by atoms with Crippen LogP contribution in [0.1, 0.15) is 41.9 Å². The van der Waals surface area contributed by atoms with E-state index in [9.17, 15) is 10.2 Å². The number of phenolic OH excluding ortho intramolecular Hbond substituents is 2. The summed E-state index contributed by atoms with van der Waals surface area (Å²) < 4.78 is 6.41. The SMILES string of the molecule is Oc1ccc2c(c1O)CC(c1ccccc1)OC2N1CCCC1. The molecule has 2 aliphatic heterocycles. The minimum absolute atomic E-state index is 0.00377. The number of aromatic hydroxyl groups is 2. The van der Waals surface area contributed by atoms with Gasteiger partial charge in [-0.25, -0.2) is 0 Å². The molecule has 0 aliphatic carbocycles. The van der Waals surface area contributed by atoms with E-state index in [0.29, 0.717) is 6.42 Å². The largest absolute Gasteiger partial charge is 0.504 e. The van der Waals surface area contributed by atoms with Crippen LogP contribution in [0.5, 0.6) is 11.5 Å². The molecule has 0 amide bonds. The molecule has 2 heterocycles. The van der Waals surface area contributed by atoms with Crippen molar-refractivity contribution in [2.75, 3.05) is 13.1 Å². The van der Waals surface area contributed by atoms with Crippen molar-refractivity contribution in [3.05, 3.63) is 59.2 Å². The number of fused-ring (bicyclic) bond motifs is 1. The monoisotopic (exact) mass is 311 g/mol. The maximum Gasteiger partial charge on any atom is 0.161 e. The molecule has 0 aromatic heterocycles. The lowest BCUT2D eigenvalue weighted by Gasteiger charge is -2.37. The van der Waals surface area contributed by atoms with Crippen molar-refractivity contribution >= 4 is 0 Å². The van der Waals surface area contributed by atoms with Crippen LogP contribution in [-0.4, -0.2) is 28.2 Å². The quantitative estimate of drug-likeness (QED) is 0.833. The van der Waals surface area contributed by atoms with E-state index in [0.717, 1.165) is 29.8 Å². The lowest BCUT2D eigenvalue weighted by Crippen LogP contribution is -2.33. The number of benzene rings is 2. The fourth-order valence-corrected chi connectivity index (χ4v) is 3.67. The summed E-state index contributed by atoms with van der Waals surface area (Å²) in [5.41, 5.74) is 2.89. The Labute approximate surface area is 135 Å². The third kappa shape index (κ3) is 2.58. The summed E-state index contributed by atoms with van der Waals surface area (Å²) in [5, 5.41) is 20.2. The molecule has 4 nitrogen and oxygen atoms in total. The van der Waals surface area contributed by atoms with Crippen LogP contribution in [0.3, 0.4) is 0 Å². The second kappa shape index (κ2) is 5.87. The van der Waals surface area contributed by atoms with Gasteiger partial charge in [0.1, 0.15) is 6.23 Å². The first-order valence-corrected chi connectivity index (χ1v) is 8.22. The van der Waals surface area contributed by atoms with Gasteiger partial charge < -0.3 is 14.9 Å². The topological polar surface area (TPSA) is 52.9 Å². The van der Waals surface area contributed by atoms with Crippen molar-refractivity contribution in [3.63, 3.8) is 0 Å². The number of ether oxygens (including phenoxy) is 1. The number of rotatable bonds is 2. The normalized spacial score (nSPS) is 24.5. The zero-order chi connectivity index (χ0) is 15.8. The van der Waals surface area contributed by atoms with E-state index in [2.05, 4.69) is 17.0 Å². The fourth-order valence-electron chi connectivity index (χ4n) is 3.67. The number of nitrogens with zero attached hydrogens (tertiary/aromatic N) is 1. The summed E-state index contributed by atoms with van der Waals surface area (Å²) in [6.45, 7) is 2.01. The fraction of sp³-hybridized carbons (Fsp3) is 0.368. The first-order valence-electron chi connectivity index (χ1n) is 8.22. The van der Waals surface area contributed by atoms with Crippen molar-refractivity contribution in [1.82, 2.24) is 4.90 Å². The van der Waals surface area contributed by atoms with E-state index in [1.165, 1.54) is 12.8 Å².